The standard InChI is InChI=1S/C13H16N2O5/c1-8-12(10-4-6-19-14-10)15-20-13(8)9(3-5-18-2)7-11(16)17/h4,6,9H,3,5,7H2,1-2H3,(H,16,17). The maximum atomic E-state index is 11.0. The highest BCUT2D eigenvalue weighted by Gasteiger charge is 2.25. The first-order chi connectivity index (χ1) is 9.63. The molecule has 7 heteroatoms. The Bertz CT molecular complexity index is 561. The molecule has 0 aliphatic rings. The summed E-state index contributed by atoms with van der Waals surface area (Å²) in [4.78, 5) is 11.0. The molecule has 0 spiro atoms. The van der Waals surface area contributed by atoms with Crippen molar-refractivity contribution >= 4 is 5.97 Å². The zero-order valence-corrected chi connectivity index (χ0v) is 11.3. The van der Waals surface area contributed by atoms with Crippen LogP contribution in [0.25, 0.3) is 11.4 Å². The van der Waals surface area contributed by atoms with Crippen molar-refractivity contribution < 1.29 is 23.7 Å². The van der Waals surface area contributed by atoms with Gasteiger partial charge in [0.15, 0.2) is 0 Å². The predicted octanol–water partition coefficient (Wildman–Crippen LogP) is 2.23. The normalized spacial score (nSPS) is 12.5. The van der Waals surface area contributed by atoms with Crippen molar-refractivity contribution in [1.29, 1.82) is 0 Å². The number of carboxylic acid groups (broad SMARTS) is 1. The van der Waals surface area contributed by atoms with Crippen LogP contribution in [0.5, 0.6) is 0 Å². The average Bonchev–Trinajstić information content (AvgIpc) is 3.03. The highest BCUT2D eigenvalue weighted by atomic mass is 16.5. The van der Waals surface area contributed by atoms with Gasteiger partial charge in [0.05, 0.1) is 6.42 Å². The van der Waals surface area contributed by atoms with Crippen LogP contribution in [0.4, 0.5) is 0 Å². The summed E-state index contributed by atoms with van der Waals surface area (Å²) in [7, 11) is 1.58. The third kappa shape index (κ3) is 3.05. The van der Waals surface area contributed by atoms with Gasteiger partial charge in [-0.25, -0.2) is 0 Å². The van der Waals surface area contributed by atoms with E-state index >= 15 is 0 Å². The van der Waals surface area contributed by atoms with Crippen LogP contribution in [0.15, 0.2) is 21.4 Å². The van der Waals surface area contributed by atoms with E-state index in [9.17, 15) is 4.79 Å². The Kier molecular flexibility index (Phi) is 4.52. The molecular formula is C13H16N2O5. The molecule has 0 bridgehead atoms. The molecule has 0 radical (unpaired) electrons. The highest BCUT2D eigenvalue weighted by molar-refractivity contribution is 5.68. The molecule has 0 saturated heterocycles. The van der Waals surface area contributed by atoms with Gasteiger partial charge >= 0.3 is 5.97 Å². The Labute approximate surface area is 115 Å². The lowest BCUT2D eigenvalue weighted by atomic mass is 9.95. The van der Waals surface area contributed by atoms with Gasteiger partial charge in [0.25, 0.3) is 0 Å². The van der Waals surface area contributed by atoms with Crippen LogP contribution in [-0.4, -0.2) is 35.1 Å². The van der Waals surface area contributed by atoms with Gasteiger partial charge in [0.2, 0.25) is 0 Å². The number of ether oxygens (including phenoxy) is 1. The van der Waals surface area contributed by atoms with Gasteiger partial charge in [-0.15, -0.1) is 0 Å². The summed E-state index contributed by atoms with van der Waals surface area (Å²) in [6.45, 7) is 2.29. The van der Waals surface area contributed by atoms with E-state index in [1.165, 1.54) is 6.26 Å². The van der Waals surface area contributed by atoms with E-state index in [0.717, 1.165) is 5.56 Å². The molecule has 2 aromatic rings. The van der Waals surface area contributed by atoms with Crippen molar-refractivity contribution in [2.24, 2.45) is 0 Å². The van der Waals surface area contributed by atoms with Gasteiger partial charge in [0, 0.05) is 31.3 Å². The molecule has 1 unspecified atom stereocenters. The second-order valence-corrected chi connectivity index (χ2v) is 4.48. The fraction of sp³-hybridized carbons (Fsp3) is 0.462. The van der Waals surface area contributed by atoms with Crippen molar-refractivity contribution in [3.05, 3.63) is 23.7 Å². The maximum absolute atomic E-state index is 11.0. The van der Waals surface area contributed by atoms with Crippen LogP contribution < -0.4 is 0 Å². The van der Waals surface area contributed by atoms with E-state index < -0.39 is 5.97 Å². The molecule has 0 saturated carbocycles. The summed E-state index contributed by atoms with van der Waals surface area (Å²) in [5, 5.41) is 16.8. The lowest BCUT2D eigenvalue weighted by molar-refractivity contribution is -0.137. The number of nitrogens with zero attached hydrogens (tertiary/aromatic N) is 2. The Morgan fingerprint density at radius 2 is 2.30 bits per heavy atom. The summed E-state index contributed by atoms with van der Waals surface area (Å²) in [6, 6.07) is 1.68. The van der Waals surface area contributed by atoms with Gasteiger partial charge in [-0.1, -0.05) is 10.3 Å². The molecule has 2 aromatic heterocycles. The fourth-order valence-electron chi connectivity index (χ4n) is 2.10. The van der Waals surface area contributed by atoms with Gasteiger partial charge in [-0.05, 0) is 13.3 Å². The molecule has 20 heavy (non-hydrogen) atoms. The molecule has 0 aromatic carbocycles. The third-order valence-corrected chi connectivity index (χ3v) is 3.10. The summed E-state index contributed by atoms with van der Waals surface area (Å²) < 4.78 is 15.1. The molecule has 108 valence electrons. The molecule has 1 N–H and O–H groups in total. The van der Waals surface area contributed by atoms with E-state index in [0.29, 0.717) is 30.2 Å². The number of aliphatic carboxylic acids is 1. The number of hydrogen-bond donors (Lipinski definition) is 1. The van der Waals surface area contributed by atoms with Crippen LogP contribution in [-0.2, 0) is 9.53 Å². The second kappa shape index (κ2) is 6.33. The SMILES string of the molecule is COCCC(CC(=O)O)c1onc(-c2ccon2)c1C. The minimum atomic E-state index is -0.884. The van der Waals surface area contributed by atoms with Crippen molar-refractivity contribution in [3.8, 4) is 11.4 Å². The Hall–Kier alpha value is -2.15. The smallest absolute Gasteiger partial charge is 0.304 e. The third-order valence-electron chi connectivity index (χ3n) is 3.10. The molecule has 0 fully saturated rings. The first kappa shape index (κ1) is 14.3. The quantitative estimate of drug-likeness (QED) is 0.830. The number of aromatic nitrogens is 2. The number of carboxylic acids is 1. The summed E-state index contributed by atoms with van der Waals surface area (Å²) in [5.74, 6) is -0.604. The molecular weight excluding hydrogens is 264 g/mol. The van der Waals surface area contributed by atoms with Crippen LogP contribution in [0.3, 0.4) is 0 Å². The summed E-state index contributed by atoms with van der Waals surface area (Å²) in [5.41, 5.74) is 1.92. The monoisotopic (exact) mass is 280 g/mol. The van der Waals surface area contributed by atoms with Crippen molar-refractivity contribution in [2.75, 3.05) is 13.7 Å². The number of carbonyl (C=O) groups is 1. The molecule has 1 atom stereocenters. The average molecular weight is 280 g/mol. The van der Waals surface area contributed by atoms with Gasteiger partial charge in [-0.3, -0.25) is 4.79 Å². The molecule has 0 aliphatic carbocycles. The zero-order valence-electron chi connectivity index (χ0n) is 11.3. The largest absolute Gasteiger partial charge is 0.481 e. The summed E-state index contributed by atoms with van der Waals surface area (Å²) >= 11 is 0. The van der Waals surface area contributed by atoms with Crippen molar-refractivity contribution in [2.45, 2.75) is 25.7 Å². The Morgan fingerprint density at radius 3 is 2.90 bits per heavy atom. The van der Waals surface area contributed by atoms with Crippen LogP contribution in [0, 0.1) is 6.92 Å². The van der Waals surface area contributed by atoms with Crippen LogP contribution >= 0.6 is 0 Å². The van der Waals surface area contributed by atoms with Gasteiger partial charge in [-0.2, -0.15) is 0 Å². The van der Waals surface area contributed by atoms with E-state index in [4.69, 9.17) is 18.9 Å². The molecule has 2 heterocycles. The number of hydrogen-bond acceptors (Lipinski definition) is 6. The first-order valence-corrected chi connectivity index (χ1v) is 6.21. The molecule has 0 amide bonds. The topological polar surface area (TPSA) is 98.6 Å². The van der Waals surface area contributed by atoms with E-state index in [2.05, 4.69) is 10.3 Å². The van der Waals surface area contributed by atoms with Crippen molar-refractivity contribution in [1.82, 2.24) is 10.3 Å². The number of rotatable bonds is 7. The van der Waals surface area contributed by atoms with Crippen LogP contribution in [0.1, 0.15) is 30.1 Å². The minimum absolute atomic E-state index is 0.0301. The minimum Gasteiger partial charge on any atom is -0.481 e. The lowest BCUT2D eigenvalue weighted by Gasteiger charge is -2.11. The number of methoxy groups -OCH3 is 1. The van der Waals surface area contributed by atoms with Gasteiger partial charge in [0.1, 0.15) is 23.4 Å². The molecule has 0 aliphatic heterocycles. The Balaban J connectivity index is 2.27. The zero-order chi connectivity index (χ0) is 14.5. The lowest BCUT2D eigenvalue weighted by Crippen LogP contribution is -2.09. The fourth-order valence-corrected chi connectivity index (χ4v) is 2.10. The van der Waals surface area contributed by atoms with E-state index in [-0.39, 0.29) is 12.3 Å². The van der Waals surface area contributed by atoms with Crippen molar-refractivity contribution in [3.63, 3.8) is 0 Å². The Morgan fingerprint density at radius 1 is 1.50 bits per heavy atom. The maximum Gasteiger partial charge on any atom is 0.304 e. The first-order valence-electron chi connectivity index (χ1n) is 6.21. The summed E-state index contributed by atoms with van der Waals surface area (Å²) in [6.07, 6.45) is 1.97. The predicted molar refractivity (Wildman–Crippen MR) is 68.2 cm³/mol. The molecule has 7 nitrogen and oxygen atoms in total. The van der Waals surface area contributed by atoms with Gasteiger partial charge < -0.3 is 18.9 Å². The molecule has 2 rings (SSSR count). The highest BCUT2D eigenvalue weighted by Crippen LogP contribution is 2.32. The van der Waals surface area contributed by atoms with E-state index in [1.807, 2.05) is 6.92 Å². The second-order valence-electron chi connectivity index (χ2n) is 4.48. The van der Waals surface area contributed by atoms with E-state index in [1.54, 1.807) is 13.2 Å². The van der Waals surface area contributed by atoms with Crippen LogP contribution in [0.2, 0.25) is 0 Å².